The summed E-state index contributed by atoms with van der Waals surface area (Å²) < 4.78 is 34.7. The molecule has 0 aliphatic heterocycles. The minimum atomic E-state index is -4.17. The maximum Gasteiger partial charge on any atom is 0.264 e. The molecule has 1 aliphatic carbocycles. The fraction of sp³-hybridized carbons (Fsp3) is 0.394. The summed E-state index contributed by atoms with van der Waals surface area (Å²) >= 11 is 0. The van der Waals surface area contributed by atoms with Crippen LogP contribution >= 0.6 is 0 Å². The van der Waals surface area contributed by atoms with E-state index in [1.165, 1.54) is 24.1 Å². The van der Waals surface area contributed by atoms with Gasteiger partial charge in [-0.1, -0.05) is 73.4 Å². The Labute approximate surface area is 249 Å². The quantitative estimate of drug-likeness (QED) is 0.323. The van der Waals surface area contributed by atoms with Crippen LogP contribution in [0.1, 0.15) is 55.7 Å². The van der Waals surface area contributed by atoms with E-state index in [1.54, 1.807) is 37.3 Å². The van der Waals surface area contributed by atoms with E-state index in [4.69, 9.17) is 4.74 Å². The zero-order valence-corrected chi connectivity index (χ0v) is 25.7. The van der Waals surface area contributed by atoms with Gasteiger partial charge >= 0.3 is 0 Å². The van der Waals surface area contributed by atoms with Crippen molar-refractivity contribution >= 4 is 27.5 Å². The summed E-state index contributed by atoms with van der Waals surface area (Å²) in [7, 11) is -2.71. The van der Waals surface area contributed by atoms with Crippen molar-refractivity contribution in [3.63, 3.8) is 0 Å². The minimum absolute atomic E-state index is 0.0506. The van der Waals surface area contributed by atoms with E-state index >= 15 is 0 Å². The van der Waals surface area contributed by atoms with Gasteiger partial charge in [0.15, 0.2) is 0 Å². The molecule has 3 aromatic rings. The van der Waals surface area contributed by atoms with Crippen molar-refractivity contribution in [2.75, 3.05) is 18.0 Å². The minimum Gasteiger partial charge on any atom is -0.495 e. The zero-order chi connectivity index (χ0) is 30.3. The first kappa shape index (κ1) is 31.1. The molecule has 2 amide bonds. The summed E-state index contributed by atoms with van der Waals surface area (Å²) in [4.78, 5) is 29.2. The Hall–Kier alpha value is -3.85. The summed E-state index contributed by atoms with van der Waals surface area (Å²) in [5, 5.41) is 3.13. The van der Waals surface area contributed by atoms with E-state index in [-0.39, 0.29) is 29.1 Å². The molecule has 1 aliphatic rings. The van der Waals surface area contributed by atoms with Gasteiger partial charge in [0.2, 0.25) is 11.8 Å². The van der Waals surface area contributed by atoms with Crippen LogP contribution in [0, 0.1) is 13.8 Å². The number of benzene rings is 3. The van der Waals surface area contributed by atoms with Crippen LogP contribution in [0.5, 0.6) is 5.75 Å². The average Bonchev–Trinajstić information content (AvgIpc) is 2.99. The third-order valence-electron chi connectivity index (χ3n) is 7.77. The fourth-order valence-electron chi connectivity index (χ4n) is 5.39. The zero-order valence-electron chi connectivity index (χ0n) is 24.9. The fourth-order valence-corrected chi connectivity index (χ4v) is 6.82. The van der Waals surface area contributed by atoms with Crippen LogP contribution in [0.15, 0.2) is 77.7 Å². The van der Waals surface area contributed by atoms with Gasteiger partial charge in [0, 0.05) is 12.6 Å². The summed E-state index contributed by atoms with van der Waals surface area (Å²) in [6.07, 6.45) is 5.13. The molecule has 0 aromatic heterocycles. The number of ether oxygens (including phenoxy) is 1. The van der Waals surface area contributed by atoms with Gasteiger partial charge in [0.05, 0.1) is 17.7 Å². The lowest BCUT2D eigenvalue weighted by Crippen LogP contribution is -2.53. The van der Waals surface area contributed by atoms with Crippen molar-refractivity contribution in [1.82, 2.24) is 10.2 Å². The summed E-state index contributed by atoms with van der Waals surface area (Å²) in [5.41, 5.74) is 2.94. The van der Waals surface area contributed by atoms with Crippen molar-refractivity contribution in [3.05, 3.63) is 89.5 Å². The molecule has 9 heteroatoms. The number of nitrogens with one attached hydrogen (secondary N) is 1. The molecule has 0 heterocycles. The van der Waals surface area contributed by atoms with Crippen LogP contribution in [0.3, 0.4) is 0 Å². The number of anilines is 1. The van der Waals surface area contributed by atoms with Gasteiger partial charge in [-0.15, -0.1) is 0 Å². The van der Waals surface area contributed by atoms with Crippen LogP contribution in [-0.4, -0.2) is 50.9 Å². The molecule has 42 heavy (non-hydrogen) atoms. The van der Waals surface area contributed by atoms with Crippen molar-refractivity contribution in [1.29, 1.82) is 0 Å². The molecule has 0 radical (unpaired) electrons. The van der Waals surface area contributed by atoms with Gasteiger partial charge in [-0.3, -0.25) is 13.9 Å². The van der Waals surface area contributed by atoms with Crippen molar-refractivity contribution < 1.29 is 22.7 Å². The van der Waals surface area contributed by atoms with Crippen molar-refractivity contribution in [3.8, 4) is 5.75 Å². The highest BCUT2D eigenvalue weighted by atomic mass is 32.2. The number of methoxy groups -OCH3 is 1. The second kappa shape index (κ2) is 13.9. The number of sulfonamides is 1. The maximum atomic E-state index is 14.2. The molecule has 0 unspecified atom stereocenters. The maximum absolute atomic E-state index is 14.2. The third kappa shape index (κ3) is 7.50. The van der Waals surface area contributed by atoms with Crippen LogP contribution in [0.4, 0.5) is 5.69 Å². The first-order chi connectivity index (χ1) is 20.1. The Morgan fingerprint density at radius 3 is 2.29 bits per heavy atom. The molecule has 0 spiro atoms. The first-order valence-electron chi connectivity index (χ1n) is 14.5. The molecule has 3 aromatic carbocycles. The second-order valence-electron chi connectivity index (χ2n) is 11.0. The van der Waals surface area contributed by atoms with Gasteiger partial charge in [0.1, 0.15) is 18.3 Å². The standard InChI is InChI=1S/C33H41N3O5S/c1-24-12-11-13-27(20-24)22-35(26(3)33(38)34-28-14-7-5-8-15-28)32(37)23-36(30-21-25(2)18-19-31(30)41-4)42(39,40)29-16-9-6-10-17-29/h6,9-13,16-21,26,28H,5,7-8,14-15,22-23H2,1-4H3,(H,34,38)/t26-/m0/s1. The Balaban J connectivity index is 1.72. The highest BCUT2D eigenvalue weighted by Crippen LogP contribution is 2.33. The summed E-state index contributed by atoms with van der Waals surface area (Å²) in [6, 6.07) is 20.2. The molecule has 1 N–H and O–H groups in total. The van der Waals surface area contributed by atoms with Gasteiger partial charge in [0.25, 0.3) is 10.0 Å². The van der Waals surface area contributed by atoms with E-state index in [9.17, 15) is 18.0 Å². The highest BCUT2D eigenvalue weighted by Gasteiger charge is 2.34. The number of amides is 2. The Bertz CT molecular complexity index is 1490. The summed E-state index contributed by atoms with van der Waals surface area (Å²) in [6.45, 7) is 5.16. The van der Waals surface area contributed by atoms with Gasteiger partial charge in [-0.2, -0.15) is 0 Å². The van der Waals surface area contributed by atoms with Crippen molar-refractivity contribution in [2.24, 2.45) is 0 Å². The smallest absolute Gasteiger partial charge is 0.264 e. The number of carbonyl (C=O) groups excluding carboxylic acids is 2. The molecule has 0 bridgehead atoms. The number of aryl methyl sites for hydroxylation is 2. The topological polar surface area (TPSA) is 96.0 Å². The lowest BCUT2D eigenvalue weighted by atomic mass is 9.95. The Morgan fingerprint density at radius 1 is 0.929 bits per heavy atom. The molecule has 1 fully saturated rings. The Morgan fingerprint density at radius 2 is 1.62 bits per heavy atom. The second-order valence-corrected chi connectivity index (χ2v) is 12.9. The van der Waals surface area contributed by atoms with E-state index in [1.807, 2.05) is 44.2 Å². The van der Waals surface area contributed by atoms with Gasteiger partial charge < -0.3 is 15.0 Å². The van der Waals surface area contributed by atoms with E-state index < -0.39 is 28.5 Å². The molecular formula is C33H41N3O5S. The van der Waals surface area contributed by atoms with Crippen LogP contribution in [-0.2, 0) is 26.2 Å². The molecule has 8 nitrogen and oxygen atoms in total. The molecule has 1 atom stereocenters. The Kier molecular flexibility index (Phi) is 10.3. The third-order valence-corrected chi connectivity index (χ3v) is 9.54. The normalized spacial score (nSPS) is 14.6. The molecule has 1 saturated carbocycles. The average molecular weight is 592 g/mol. The van der Waals surface area contributed by atoms with Crippen LogP contribution < -0.4 is 14.4 Å². The first-order valence-corrected chi connectivity index (χ1v) is 15.9. The lowest BCUT2D eigenvalue weighted by molar-refractivity contribution is -0.139. The van der Waals surface area contributed by atoms with E-state index in [0.29, 0.717) is 5.75 Å². The van der Waals surface area contributed by atoms with Crippen molar-refractivity contribution in [2.45, 2.75) is 76.4 Å². The predicted molar refractivity (Wildman–Crippen MR) is 165 cm³/mol. The predicted octanol–water partition coefficient (Wildman–Crippen LogP) is 5.37. The molecule has 224 valence electrons. The van der Waals surface area contributed by atoms with Gasteiger partial charge in [-0.25, -0.2) is 8.42 Å². The van der Waals surface area contributed by atoms with Crippen LogP contribution in [0.2, 0.25) is 0 Å². The number of hydrogen-bond acceptors (Lipinski definition) is 5. The number of carbonyl (C=O) groups is 2. The molecule has 4 rings (SSSR count). The van der Waals surface area contributed by atoms with E-state index in [0.717, 1.165) is 53.1 Å². The number of nitrogens with zero attached hydrogens (tertiary/aromatic N) is 2. The largest absolute Gasteiger partial charge is 0.495 e. The SMILES string of the molecule is COc1ccc(C)cc1N(CC(=O)N(Cc1cccc(C)c1)[C@@H](C)C(=O)NC1CCCCC1)S(=O)(=O)c1ccccc1. The van der Waals surface area contributed by atoms with Gasteiger partial charge in [-0.05, 0) is 69.0 Å². The van der Waals surface area contributed by atoms with Crippen LogP contribution in [0.25, 0.3) is 0 Å². The highest BCUT2D eigenvalue weighted by molar-refractivity contribution is 7.92. The molecule has 0 saturated heterocycles. The monoisotopic (exact) mass is 591 g/mol. The summed E-state index contributed by atoms with van der Waals surface area (Å²) in [5.74, 6) is -0.416. The van der Waals surface area contributed by atoms with E-state index in [2.05, 4.69) is 5.32 Å². The molecular weight excluding hydrogens is 550 g/mol. The number of hydrogen-bond donors (Lipinski definition) is 1. The number of rotatable bonds is 11. The lowest BCUT2D eigenvalue weighted by Gasteiger charge is -2.33.